The predicted octanol–water partition coefficient (Wildman–Crippen LogP) is 2.45. The topological polar surface area (TPSA) is 88.7 Å². The molecule has 9 heteroatoms. The van der Waals surface area contributed by atoms with Crippen LogP contribution in [0, 0.1) is 17.8 Å². The monoisotopic (exact) mass is 467 g/mol. The van der Waals surface area contributed by atoms with E-state index >= 15 is 0 Å². The van der Waals surface area contributed by atoms with Gasteiger partial charge < -0.3 is 25.4 Å². The molecule has 1 unspecified atom stereocenters. The fourth-order valence-electron chi connectivity index (χ4n) is 2.29. The Hall–Kier alpha value is -1.70. The fourth-order valence-corrected chi connectivity index (χ4v) is 3.91. The van der Waals surface area contributed by atoms with Crippen molar-refractivity contribution in [2.75, 3.05) is 52.8 Å². The van der Waals surface area contributed by atoms with Crippen LogP contribution in [0.15, 0.2) is 24.3 Å². The number of amides is 2. The molecule has 1 rings (SSSR count). The number of carbonyl (C=O) groups excluding carboxylic acids is 2. The first-order valence-corrected chi connectivity index (χ1v) is 12.8. The van der Waals surface area contributed by atoms with Gasteiger partial charge in [-0.3, -0.25) is 9.59 Å². The summed E-state index contributed by atoms with van der Waals surface area (Å²) < 4.78 is 11.3. The van der Waals surface area contributed by atoms with E-state index in [1.165, 1.54) is 0 Å². The second-order valence-electron chi connectivity index (χ2n) is 6.75. The Morgan fingerprint density at radius 2 is 1.84 bits per heavy atom. The molecule has 0 radical (unpaired) electrons. The van der Waals surface area contributed by atoms with Crippen molar-refractivity contribution in [2.45, 2.75) is 19.3 Å². The number of hydrogen-bond acceptors (Lipinski definition) is 7. The van der Waals surface area contributed by atoms with Gasteiger partial charge in [0.2, 0.25) is 5.91 Å². The molecule has 31 heavy (non-hydrogen) atoms. The van der Waals surface area contributed by atoms with Gasteiger partial charge in [0.15, 0.2) is 0 Å². The molecule has 0 aliphatic heterocycles. The second kappa shape index (κ2) is 16.9. The van der Waals surface area contributed by atoms with Gasteiger partial charge in [-0.15, -0.1) is 0 Å². The van der Waals surface area contributed by atoms with E-state index in [-0.39, 0.29) is 29.8 Å². The van der Waals surface area contributed by atoms with Crippen LogP contribution in [0.25, 0.3) is 0 Å². The van der Waals surface area contributed by atoms with E-state index < -0.39 is 0 Å². The molecule has 1 atom stereocenters. The SMILES string of the molecule is CNCCNC(=O)c1ccc(C(OCCOCC(=O)NCC#CC(C)C)SSC)cc1. The van der Waals surface area contributed by atoms with Gasteiger partial charge in [-0.05, 0) is 31.0 Å². The molecular formula is C22H33N3O4S2. The first kappa shape index (κ1) is 27.3. The van der Waals surface area contributed by atoms with Crippen LogP contribution in [0.3, 0.4) is 0 Å². The Morgan fingerprint density at radius 1 is 1.10 bits per heavy atom. The summed E-state index contributed by atoms with van der Waals surface area (Å²) in [7, 11) is 5.02. The van der Waals surface area contributed by atoms with Crippen molar-refractivity contribution in [1.82, 2.24) is 16.0 Å². The molecule has 7 nitrogen and oxygen atoms in total. The molecule has 0 heterocycles. The maximum Gasteiger partial charge on any atom is 0.251 e. The zero-order valence-electron chi connectivity index (χ0n) is 18.7. The molecule has 0 fully saturated rings. The van der Waals surface area contributed by atoms with Crippen molar-refractivity contribution < 1.29 is 19.1 Å². The van der Waals surface area contributed by atoms with Gasteiger partial charge >= 0.3 is 0 Å². The summed E-state index contributed by atoms with van der Waals surface area (Å²) in [5.74, 6) is 5.87. The lowest BCUT2D eigenvalue weighted by Crippen LogP contribution is -2.30. The Balaban J connectivity index is 2.38. The second-order valence-corrected chi connectivity index (χ2v) is 9.28. The summed E-state index contributed by atoms with van der Waals surface area (Å²) in [6, 6.07) is 7.38. The molecule has 0 aliphatic rings. The van der Waals surface area contributed by atoms with Crippen molar-refractivity contribution in [1.29, 1.82) is 0 Å². The minimum atomic E-state index is -0.198. The third-order valence-electron chi connectivity index (χ3n) is 3.78. The Morgan fingerprint density at radius 3 is 2.48 bits per heavy atom. The molecule has 172 valence electrons. The summed E-state index contributed by atoms with van der Waals surface area (Å²) in [6.07, 6.45) is 1.98. The molecule has 0 saturated heterocycles. The normalized spacial score (nSPS) is 11.5. The van der Waals surface area contributed by atoms with Crippen LogP contribution in [0.4, 0.5) is 0 Å². The third kappa shape index (κ3) is 12.7. The lowest BCUT2D eigenvalue weighted by Gasteiger charge is -2.17. The van der Waals surface area contributed by atoms with Crippen molar-refractivity contribution >= 4 is 33.4 Å². The maximum atomic E-state index is 12.1. The van der Waals surface area contributed by atoms with Crippen molar-refractivity contribution in [3.8, 4) is 11.8 Å². The molecule has 2 amide bonds. The lowest BCUT2D eigenvalue weighted by atomic mass is 10.1. The van der Waals surface area contributed by atoms with Crippen molar-refractivity contribution in [3.63, 3.8) is 0 Å². The largest absolute Gasteiger partial charge is 0.369 e. The molecule has 0 aromatic heterocycles. The predicted molar refractivity (Wildman–Crippen MR) is 129 cm³/mol. The fraction of sp³-hybridized carbons (Fsp3) is 0.545. The molecule has 1 aromatic rings. The van der Waals surface area contributed by atoms with E-state index in [9.17, 15) is 9.59 Å². The molecule has 0 saturated carbocycles. The first-order chi connectivity index (χ1) is 15.0. The van der Waals surface area contributed by atoms with Crippen LogP contribution < -0.4 is 16.0 Å². The smallest absolute Gasteiger partial charge is 0.251 e. The van der Waals surface area contributed by atoms with E-state index in [0.29, 0.717) is 31.9 Å². The highest BCUT2D eigenvalue weighted by Gasteiger charge is 2.14. The zero-order chi connectivity index (χ0) is 22.9. The molecule has 0 spiro atoms. The standard InChI is InChI=1S/C22H33N3O4S2/c1-17(2)6-5-11-24-20(26)16-28-14-15-29-22(31-30-4)19-9-7-18(8-10-19)21(27)25-13-12-23-3/h7-10,17,22-23H,11-16H2,1-4H3,(H,24,26)(H,25,27). The van der Waals surface area contributed by atoms with E-state index in [4.69, 9.17) is 9.47 Å². The van der Waals surface area contributed by atoms with Crippen molar-refractivity contribution in [2.24, 2.45) is 5.92 Å². The summed E-state index contributed by atoms with van der Waals surface area (Å²) >= 11 is 0. The van der Waals surface area contributed by atoms with E-state index in [1.807, 2.05) is 39.3 Å². The summed E-state index contributed by atoms with van der Waals surface area (Å²) in [5, 5.41) is 8.53. The summed E-state index contributed by atoms with van der Waals surface area (Å²) in [6.45, 7) is 6.26. The quantitative estimate of drug-likeness (QED) is 0.168. The zero-order valence-corrected chi connectivity index (χ0v) is 20.3. The highest BCUT2D eigenvalue weighted by Crippen LogP contribution is 2.37. The molecule has 0 aliphatic carbocycles. The molecule has 3 N–H and O–H groups in total. The van der Waals surface area contributed by atoms with Crippen LogP contribution in [-0.2, 0) is 14.3 Å². The molecule has 0 bridgehead atoms. The highest BCUT2D eigenvalue weighted by atomic mass is 33.1. The molecular weight excluding hydrogens is 434 g/mol. The molecule has 1 aromatic carbocycles. The summed E-state index contributed by atoms with van der Waals surface area (Å²) in [5.41, 5.74) is 1.38. The number of carbonyl (C=O) groups is 2. The first-order valence-electron chi connectivity index (χ1n) is 10.1. The van der Waals surface area contributed by atoms with Gasteiger partial charge in [-0.1, -0.05) is 59.4 Å². The lowest BCUT2D eigenvalue weighted by molar-refractivity contribution is -0.126. The van der Waals surface area contributed by atoms with E-state index in [0.717, 1.165) is 12.1 Å². The third-order valence-corrected chi connectivity index (χ3v) is 5.66. The Bertz CT molecular complexity index is 718. The van der Waals surface area contributed by atoms with Gasteiger partial charge in [0.05, 0.1) is 19.8 Å². The van der Waals surface area contributed by atoms with Crippen LogP contribution in [0.2, 0.25) is 0 Å². The number of benzene rings is 1. The Kier molecular flexibility index (Phi) is 14.9. The summed E-state index contributed by atoms with van der Waals surface area (Å²) in [4.78, 5) is 23.8. The average Bonchev–Trinajstić information content (AvgIpc) is 2.76. The van der Waals surface area contributed by atoms with Gasteiger partial charge in [0.25, 0.3) is 5.91 Å². The minimum Gasteiger partial charge on any atom is -0.369 e. The van der Waals surface area contributed by atoms with Crippen LogP contribution in [-0.4, -0.2) is 64.6 Å². The van der Waals surface area contributed by atoms with Crippen LogP contribution in [0.1, 0.15) is 35.2 Å². The Labute approximate surface area is 193 Å². The van der Waals surface area contributed by atoms with Gasteiger partial charge in [-0.25, -0.2) is 0 Å². The maximum absolute atomic E-state index is 12.1. The number of ether oxygens (including phenoxy) is 2. The average molecular weight is 468 g/mol. The van der Waals surface area contributed by atoms with Crippen LogP contribution in [0.5, 0.6) is 0 Å². The number of likely N-dealkylation sites (N-methyl/N-ethyl adjacent to an activating group) is 1. The van der Waals surface area contributed by atoms with Gasteiger partial charge in [-0.2, -0.15) is 0 Å². The number of rotatable bonds is 14. The van der Waals surface area contributed by atoms with Crippen LogP contribution >= 0.6 is 21.6 Å². The minimum absolute atomic E-state index is 0.0234. The van der Waals surface area contributed by atoms with E-state index in [2.05, 4.69) is 27.8 Å². The van der Waals surface area contributed by atoms with E-state index in [1.54, 1.807) is 33.7 Å². The van der Waals surface area contributed by atoms with Crippen molar-refractivity contribution in [3.05, 3.63) is 35.4 Å². The van der Waals surface area contributed by atoms with Gasteiger partial charge in [0, 0.05) is 24.6 Å². The number of nitrogens with one attached hydrogen (secondary N) is 3. The number of hydrogen-bond donors (Lipinski definition) is 3. The van der Waals surface area contributed by atoms with Gasteiger partial charge in [0.1, 0.15) is 12.0 Å². The highest BCUT2D eigenvalue weighted by molar-refractivity contribution is 8.76.